The Labute approximate surface area is 127 Å². The lowest BCUT2D eigenvalue weighted by molar-refractivity contribution is 0.100. The van der Waals surface area contributed by atoms with Gasteiger partial charge in [-0.1, -0.05) is 11.6 Å². The topological polar surface area (TPSA) is 90.4 Å². The number of anilines is 2. The standard InChI is InChI=1S/C15H16ClN3O2/c16-13-9-10(15(18)20)1-6-14(13)19-7-8-21-12-4-2-11(17)3-5-12/h1-6,9,19H,7-8,17H2,(H2,18,20). The van der Waals surface area contributed by atoms with E-state index in [0.29, 0.717) is 29.4 Å². The number of ether oxygens (including phenoxy) is 1. The molecule has 0 unspecified atom stereocenters. The summed E-state index contributed by atoms with van der Waals surface area (Å²) < 4.78 is 5.55. The van der Waals surface area contributed by atoms with E-state index >= 15 is 0 Å². The minimum absolute atomic E-state index is 0.378. The van der Waals surface area contributed by atoms with E-state index in [2.05, 4.69) is 5.32 Å². The first kappa shape index (κ1) is 15.0. The van der Waals surface area contributed by atoms with Crippen LogP contribution in [0.25, 0.3) is 0 Å². The molecule has 0 aromatic heterocycles. The average molecular weight is 306 g/mol. The number of nitrogens with two attached hydrogens (primary N) is 2. The number of carbonyl (C=O) groups excluding carboxylic acids is 1. The van der Waals surface area contributed by atoms with Gasteiger partial charge < -0.3 is 21.5 Å². The number of benzene rings is 2. The molecule has 1 amide bonds. The molecule has 0 heterocycles. The van der Waals surface area contributed by atoms with Crippen LogP contribution in [0.4, 0.5) is 11.4 Å². The van der Waals surface area contributed by atoms with Gasteiger partial charge >= 0.3 is 0 Å². The number of halogens is 1. The maximum Gasteiger partial charge on any atom is 0.248 e. The molecule has 5 N–H and O–H groups in total. The number of primary amides is 1. The molecule has 0 aliphatic heterocycles. The molecule has 21 heavy (non-hydrogen) atoms. The Morgan fingerprint density at radius 2 is 1.90 bits per heavy atom. The van der Waals surface area contributed by atoms with Crippen LogP contribution in [0.1, 0.15) is 10.4 Å². The molecule has 0 atom stereocenters. The van der Waals surface area contributed by atoms with Gasteiger partial charge in [-0.25, -0.2) is 0 Å². The second-order valence-corrected chi connectivity index (χ2v) is 4.81. The zero-order valence-electron chi connectivity index (χ0n) is 11.3. The zero-order chi connectivity index (χ0) is 15.2. The highest BCUT2D eigenvalue weighted by molar-refractivity contribution is 6.33. The van der Waals surface area contributed by atoms with Gasteiger partial charge in [0.1, 0.15) is 12.4 Å². The Morgan fingerprint density at radius 3 is 2.52 bits per heavy atom. The lowest BCUT2D eigenvalue weighted by atomic mass is 10.2. The minimum Gasteiger partial charge on any atom is -0.492 e. The SMILES string of the molecule is NC(=O)c1ccc(NCCOc2ccc(N)cc2)c(Cl)c1. The predicted octanol–water partition coefficient (Wildman–Crippen LogP) is 2.51. The summed E-state index contributed by atoms with van der Waals surface area (Å²) in [5.41, 5.74) is 12.6. The lowest BCUT2D eigenvalue weighted by Crippen LogP contribution is -2.13. The molecule has 2 aromatic rings. The number of amides is 1. The fourth-order valence-electron chi connectivity index (χ4n) is 1.73. The van der Waals surface area contributed by atoms with Crippen LogP contribution < -0.4 is 21.5 Å². The highest BCUT2D eigenvalue weighted by atomic mass is 35.5. The summed E-state index contributed by atoms with van der Waals surface area (Å²) in [6, 6.07) is 12.0. The third-order valence-corrected chi connectivity index (χ3v) is 3.13. The molecule has 0 aliphatic rings. The normalized spacial score (nSPS) is 10.1. The van der Waals surface area contributed by atoms with Gasteiger partial charge in [-0.3, -0.25) is 4.79 Å². The van der Waals surface area contributed by atoms with Crippen molar-refractivity contribution in [3.63, 3.8) is 0 Å². The zero-order valence-corrected chi connectivity index (χ0v) is 12.1. The smallest absolute Gasteiger partial charge is 0.248 e. The van der Waals surface area contributed by atoms with Gasteiger partial charge in [0.25, 0.3) is 0 Å². The predicted molar refractivity (Wildman–Crippen MR) is 84.8 cm³/mol. The van der Waals surface area contributed by atoms with E-state index in [1.807, 2.05) is 12.1 Å². The highest BCUT2D eigenvalue weighted by Crippen LogP contribution is 2.22. The van der Waals surface area contributed by atoms with Crippen LogP contribution in [-0.4, -0.2) is 19.1 Å². The molecule has 6 heteroatoms. The van der Waals surface area contributed by atoms with Crippen LogP contribution >= 0.6 is 11.6 Å². The largest absolute Gasteiger partial charge is 0.492 e. The molecule has 110 valence electrons. The monoisotopic (exact) mass is 305 g/mol. The summed E-state index contributed by atoms with van der Waals surface area (Å²) in [5, 5.41) is 3.57. The Balaban J connectivity index is 1.83. The average Bonchev–Trinajstić information content (AvgIpc) is 2.46. The van der Waals surface area contributed by atoms with Crippen LogP contribution in [0.5, 0.6) is 5.75 Å². The number of nitrogens with one attached hydrogen (secondary N) is 1. The molecule has 2 aromatic carbocycles. The first-order valence-electron chi connectivity index (χ1n) is 6.38. The van der Waals surface area contributed by atoms with Crippen LogP contribution in [0.15, 0.2) is 42.5 Å². The van der Waals surface area contributed by atoms with Crippen molar-refractivity contribution in [2.45, 2.75) is 0 Å². The number of hydrogen-bond acceptors (Lipinski definition) is 4. The van der Waals surface area contributed by atoms with Crippen molar-refractivity contribution in [3.05, 3.63) is 53.1 Å². The molecule has 0 saturated carbocycles. The molecule has 2 rings (SSSR count). The summed E-state index contributed by atoms with van der Waals surface area (Å²) in [6.45, 7) is 1.04. The van der Waals surface area contributed by atoms with Crippen molar-refractivity contribution in [1.29, 1.82) is 0 Å². The van der Waals surface area contributed by atoms with Crippen molar-refractivity contribution in [3.8, 4) is 5.75 Å². The second-order valence-electron chi connectivity index (χ2n) is 4.40. The van der Waals surface area contributed by atoms with Crippen LogP contribution in [0.3, 0.4) is 0 Å². The van der Waals surface area contributed by atoms with Crippen molar-refractivity contribution in [1.82, 2.24) is 0 Å². The summed E-state index contributed by atoms with van der Waals surface area (Å²) in [7, 11) is 0. The number of nitrogen functional groups attached to an aromatic ring is 1. The summed E-state index contributed by atoms with van der Waals surface area (Å²) in [4.78, 5) is 11.0. The molecule has 5 nitrogen and oxygen atoms in total. The number of rotatable bonds is 6. The molecular formula is C15H16ClN3O2. The molecule has 0 fully saturated rings. The minimum atomic E-state index is -0.505. The van der Waals surface area contributed by atoms with E-state index in [0.717, 1.165) is 11.4 Å². The summed E-state index contributed by atoms with van der Waals surface area (Å²) >= 11 is 6.06. The van der Waals surface area contributed by atoms with Crippen molar-refractivity contribution < 1.29 is 9.53 Å². The summed E-state index contributed by atoms with van der Waals surface area (Å²) in [5.74, 6) is 0.247. The van der Waals surface area contributed by atoms with Gasteiger partial charge in [-0.2, -0.15) is 0 Å². The van der Waals surface area contributed by atoms with Gasteiger partial charge in [-0.15, -0.1) is 0 Å². The Bertz CT molecular complexity index is 629. The van der Waals surface area contributed by atoms with Crippen molar-refractivity contribution >= 4 is 28.9 Å². The van der Waals surface area contributed by atoms with Crippen LogP contribution in [0.2, 0.25) is 5.02 Å². The van der Waals surface area contributed by atoms with Crippen molar-refractivity contribution in [2.24, 2.45) is 5.73 Å². The fourth-order valence-corrected chi connectivity index (χ4v) is 1.98. The maximum absolute atomic E-state index is 11.0. The molecule has 0 saturated heterocycles. The number of hydrogen-bond donors (Lipinski definition) is 3. The van der Waals surface area contributed by atoms with Crippen molar-refractivity contribution in [2.75, 3.05) is 24.2 Å². The van der Waals surface area contributed by atoms with Gasteiger partial charge in [0.2, 0.25) is 5.91 Å². The van der Waals surface area contributed by atoms with E-state index < -0.39 is 5.91 Å². The van der Waals surface area contributed by atoms with E-state index in [1.54, 1.807) is 24.3 Å². The molecule has 0 radical (unpaired) electrons. The van der Waals surface area contributed by atoms with Crippen LogP contribution in [-0.2, 0) is 0 Å². The van der Waals surface area contributed by atoms with Crippen LogP contribution in [0, 0.1) is 0 Å². The lowest BCUT2D eigenvalue weighted by Gasteiger charge is -2.10. The van der Waals surface area contributed by atoms with E-state index in [-0.39, 0.29) is 0 Å². The molecule has 0 aliphatic carbocycles. The fraction of sp³-hybridized carbons (Fsp3) is 0.133. The maximum atomic E-state index is 11.0. The Kier molecular flexibility index (Phi) is 4.90. The Morgan fingerprint density at radius 1 is 1.19 bits per heavy atom. The Hall–Kier alpha value is -2.40. The summed E-state index contributed by atoms with van der Waals surface area (Å²) in [6.07, 6.45) is 0. The van der Waals surface area contributed by atoms with Gasteiger partial charge in [0.15, 0.2) is 0 Å². The second kappa shape index (κ2) is 6.85. The molecule has 0 spiro atoms. The first-order valence-corrected chi connectivity index (χ1v) is 6.75. The third-order valence-electron chi connectivity index (χ3n) is 2.82. The van der Waals surface area contributed by atoms with Gasteiger partial charge in [0, 0.05) is 17.8 Å². The van der Waals surface area contributed by atoms with Gasteiger partial charge in [0.05, 0.1) is 10.7 Å². The first-order chi connectivity index (χ1) is 10.1. The van der Waals surface area contributed by atoms with E-state index in [4.69, 9.17) is 27.8 Å². The highest BCUT2D eigenvalue weighted by Gasteiger charge is 2.05. The quantitative estimate of drug-likeness (QED) is 0.565. The van der Waals surface area contributed by atoms with E-state index in [1.165, 1.54) is 6.07 Å². The number of carbonyl (C=O) groups is 1. The van der Waals surface area contributed by atoms with Gasteiger partial charge in [-0.05, 0) is 42.5 Å². The molecule has 0 bridgehead atoms. The molecular weight excluding hydrogens is 290 g/mol. The van der Waals surface area contributed by atoms with E-state index in [9.17, 15) is 4.79 Å². The third kappa shape index (κ3) is 4.29.